The van der Waals surface area contributed by atoms with Gasteiger partial charge in [-0.1, -0.05) is 0 Å². The summed E-state index contributed by atoms with van der Waals surface area (Å²) in [5.74, 6) is -1.23. The highest BCUT2D eigenvalue weighted by Crippen LogP contribution is 2.23. The summed E-state index contributed by atoms with van der Waals surface area (Å²) in [7, 11) is 0. The number of carbonyl (C=O) groups is 2. The topological polar surface area (TPSA) is 66.4 Å². The zero-order valence-corrected chi connectivity index (χ0v) is 10.3. The van der Waals surface area contributed by atoms with E-state index in [0.717, 1.165) is 5.56 Å². The Morgan fingerprint density at radius 2 is 2.12 bits per heavy atom. The smallest absolute Gasteiger partial charge is 0.338 e. The molecule has 17 heavy (non-hydrogen) atoms. The Balaban J connectivity index is 2.03. The molecule has 0 radical (unpaired) electrons. The summed E-state index contributed by atoms with van der Waals surface area (Å²) in [5, 5.41) is 17.3. The zero-order valence-electron chi connectivity index (χ0n) is 8.67. The maximum Gasteiger partial charge on any atom is 0.338 e. The van der Waals surface area contributed by atoms with Gasteiger partial charge in [0.1, 0.15) is 5.00 Å². The van der Waals surface area contributed by atoms with Crippen molar-refractivity contribution < 1.29 is 14.7 Å². The number of amides is 1. The third-order valence-electron chi connectivity index (χ3n) is 2.09. The molecule has 0 aliphatic heterocycles. The largest absolute Gasteiger partial charge is 0.478 e. The van der Waals surface area contributed by atoms with Gasteiger partial charge >= 0.3 is 5.97 Å². The van der Waals surface area contributed by atoms with Crippen molar-refractivity contribution in [2.75, 3.05) is 5.32 Å². The van der Waals surface area contributed by atoms with Crippen LogP contribution in [-0.2, 0) is 11.2 Å². The van der Waals surface area contributed by atoms with Crippen LogP contribution in [-0.4, -0.2) is 17.0 Å². The minimum atomic E-state index is -1.03. The Morgan fingerprint density at radius 1 is 1.29 bits per heavy atom. The van der Waals surface area contributed by atoms with Crippen LogP contribution in [0.1, 0.15) is 15.9 Å². The summed E-state index contributed by atoms with van der Waals surface area (Å²) in [6, 6.07) is 3.35. The van der Waals surface area contributed by atoms with E-state index in [0.29, 0.717) is 5.00 Å². The summed E-state index contributed by atoms with van der Waals surface area (Å²) >= 11 is 2.73. The van der Waals surface area contributed by atoms with Crippen molar-refractivity contribution in [3.8, 4) is 0 Å². The number of hydrogen-bond acceptors (Lipinski definition) is 4. The van der Waals surface area contributed by atoms with Gasteiger partial charge in [-0.25, -0.2) is 4.79 Å². The number of hydrogen-bond donors (Lipinski definition) is 2. The quantitative estimate of drug-likeness (QED) is 0.895. The number of nitrogens with one attached hydrogen (secondary N) is 1. The van der Waals surface area contributed by atoms with E-state index in [1.165, 1.54) is 28.7 Å². The second-order valence-electron chi connectivity index (χ2n) is 3.33. The van der Waals surface area contributed by atoms with Crippen LogP contribution in [0.2, 0.25) is 0 Å². The third kappa shape index (κ3) is 2.92. The molecule has 6 heteroatoms. The van der Waals surface area contributed by atoms with Crippen molar-refractivity contribution in [1.82, 2.24) is 0 Å². The Kier molecular flexibility index (Phi) is 3.55. The first-order valence-electron chi connectivity index (χ1n) is 4.78. The first-order valence-corrected chi connectivity index (χ1v) is 6.61. The molecule has 1 amide bonds. The van der Waals surface area contributed by atoms with E-state index < -0.39 is 5.97 Å². The van der Waals surface area contributed by atoms with Crippen molar-refractivity contribution >= 4 is 39.6 Å². The van der Waals surface area contributed by atoms with Crippen molar-refractivity contribution in [1.29, 1.82) is 0 Å². The molecule has 0 aliphatic carbocycles. The molecule has 0 bridgehead atoms. The van der Waals surface area contributed by atoms with Crippen LogP contribution < -0.4 is 5.32 Å². The number of anilines is 1. The third-order valence-corrected chi connectivity index (χ3v) is 3.66. The maximum atomic E-state index is 11.7. The number of carbonyl (C=O) groups excluding carboxylic acids is 1. The van der Waals surface area contributed by atoms with Gasteiger partial charge in [-0.15, -0.1) is 11.3 Å². The molecule has 4 nitrogen and oxygen atoms in total. The van der Waals surface area contributed by atoms with Gasteiger partial charge in [0.05, 0.1) is 12.0 Å². The fourth-order valence-corrected chi connectivity index (χ4v) is 2.79. The molecule has 0 unspecified atom stereocenters. The van der Waals surface area contributed by atoms with Gasteiger partial charge in [-0.05, 0) is 33.8 Å². The average molecular weight is 267 g/mol. The van der Waals surface area contributed by atoms with Crippen molar-refractivity contribution in [3.05, 3.63) is 39.4 Å². The van der Waals surface area contributed by atoms with E-state index in [1.807, 2.05) is 16.8 Å². The molecule has 88 valence electrons. The lowest BCUT2D eigenvalue weighted by atomic mass is 10.2. The lowest BCUT2D eigenvalue weighted by Crippen LogP contribution is -2.15. The average Bonchev–Trinajstić information content (AvgIpc) is 2.88. The summed E-state index contributed by atoms with van der Waals surface area (Å²) in [6.07, 6.45) is 0.264. The molecule has 2 N–H and O–H groups in total. The summed E-state index contributed by atoms with van der Waals surface area (Å²) in [4.78, 5) is 22.5. The van der Waals surface area contributed by atoms with E-state index >= 15 is 0 Å². The summed E-state index contributed by atoms with van der Waals surface area (Å²) in [6.45, 7) is 0. The van der Waals surface area contributed by atoms with Crippen molar-refractivity contribution in [3.63, 3.8) is 0 Å². The first-order chi connectivity index (χ1) is 8.16. The molecule has 0 aliphatic rings. The monoisotopic (exact) mass is 267 g/mol. The maximum absolute atomic E-state index is 11.7. The molecule has 0 fully saturated rings. The molecule has 2 aromatic rings. The fraction of sp³-hybridized carbons (Fsp3) is 0.0909. The highest BCUT2D eigenvalue weighted by Gasteiger charge is 2.13. The number of thiophene rings is 2. The van der Waals surface area contributed by atoms with Gasteiger partial charge in [-0.3, -0.25) is 4.79 Å². The molecule has 2 heterocycles. The predicted molar refractivity (Wildman–Crippen MR) is 67.9 cm³/mol. The predicted octanol–water partition coefficient (Wildman–Crippen LogP) is 2.69. The van der Waals surface area contributed by atoms with Gasteiger partial charge in [0.2, 0.25) is 5.91 Å². The minimum Gasteiger partial charge on any atom is -0.478 e. The summed E-state index contributed by atoms with van der Waals surface area (Å²) < 4.78 is 0. The normalized spacial score (nSPS) is 10.1. The molecule has 0 spiro atoms. The molecule has 2 aromatic heterocycles. The second-order valence-corrected chi connectivity index (χ2v) is 5.02. The Morgan fingerprint density at radius 3 is 2.76 bits per heavy atom. The molecule has 2 rings (SSSR count). The van der Waals surface area contributed by atoms with Crippen LogP contribution in [0.25, 0.3) is 0 Å². The van der Waals surface area contributed by atoms with E-state index in [4.69, 9.17) is 5.11 Å². The van der Waals surface area contributed by atoms with Gasteiger partial charge in [0.25, 0.3) is 0 Å². The highest BCUT2D eigenvalue weighted by molar-refractivity contribution is 7.14. The molecular formula is C11H9NO3S2. The van der Waals surface area contributed by atoms with Gasteiger partial charge < -0.3 is 10.4 Å². The van der Waals surface area contributed by atoms with Crippen LogP contribution in [0.3, 0.4) is 0 Å². The van der Waals surface area contributed by atoms with Gasteiger partial charge in [0, 0.05) is 0 Å². The molecule has 0 saturated carbocycles. The first kappa shape index (κ1) is 11.8. The fourth-order valence-electron chi connectivity index (χ4n) is 1.32. The second kappa shape index (κ2) is 5.11. The highest BCUT2D eigenvalue weighted by atomic mass is 32.1. The zero-order chi connectivity index (χ0) is 12.3. The Bertz CT molecular complexity index is 531. The van der Waals surface area contributed by atoms with Crippen LogP contribution in [0, 0.1) is 0 Å². The Labute approximate surface area is 106 Å². The standard InChI is InChI=1S/C11H9NO3S2/c13-9(5-7-1-3-16-6-7)12-10-8(11(14)15)2-4-17-10/h1-4,6H,5H2,(H,12,13)(H,14,15). The molecule has 0 saturated heterocycles. The minimum absolute atomic E-state index is 0.133. The lowest BCUT2D eigenvalue weighted by Gasteiger charge is -2.02. The SMILES string of the molecule is O=C(Cc1ccsc1)Nc1sccc1C(=O)O. The molecule has 0 aromatic carbocycles. The van der Waals surface area contributed by atoms with E-state index in [1.54, 1.807) is 5.38 Å². The number of carboxylic acid groups (broad SMARTS) is 1. The van der Waals surface area contributed by atoms with Crippen LogP contribution in [0.5, 0.6) is 0 Å². The van der Waals surface area contributed by atoms with E-state index in [-0.39, 0.29) is 17.9 Å². The van der Waals surface area contributed by atoms with Crippen LogP contribution >= 0.6 is 22.7 Å². The number of aromatic carboxylic acids is 1. The van der Waals surface area contributed by atoms with Gasteiger partial charge in [0.15, 0.2) is 0 Å². The van der Waals surface area contributed by atoms with Gasteiger partial charge in [-0.2, -0.15) is 11.3 Å². The number of carboxylic acids is 1. The number of rotatable bonds is 4. The summed E-state index contributed by atoms with van der Waals surface area (Å²) in [5.41, 5.74) is 1.06. The van der Waals surface area contributed by atoms with E-state index in [2.05, 4.69) is 5.32 Å². The van der Waals surface area contributed by atoms with E-state index in [9.17, 15) is 9.59 Å². The van der Waals surface area contributed by atoms with Crippen LogP contribution in [0.4, 0.5) is 5.00 Å². The Hall–Kier alpha value is -1.66. The van der Waals surface area contributed by atoms with Crippen molar-refractivity contribution in [2.45, 2.75) is 6.42 Å². The molecule has 0 atom stereocenters. The molecular weight excluding hydrogens is 258 g/mol. The van der Waals surface area contributed by atoms with Crippen LogP contribution in [0.15, 0.2) is 28.3 Å². The lowest BCUT2D eigenvalue weighted by molar-refractivity contribution is -0.115. The van der Waals surface area contributed by atoms with Crippen molar-refractivity contribution in [2.24, 2.45) is 0 Å².